The summed E-state index contributed by atoms with van der Waals surface area (Å²) in [5, 5.41) is 0. The molecule has 94 valence electrons. The zero-order valence-electron chi connectivity index (χ0n) is 10.8. The summed E-state index contributed by atoms with van der Waals surface area (Å²) in [6, 6.07) is 2.03. The van der Waals surface area contributed by atoms with E-state index in [1.807, 2.05) is 6.07 Å². The maximum atomic E-state index is 4.62. The molecule has 1 aromatic heterocycles. The minimum absolute atomic E-state index is 0.738. The van der Waals surface area contributed by atoms with E-state index in [1.165, 1.54) is 6.42 Å². The Morgan fingerprint density at radius 3 is 2.76 bits per heavy atom. The number of rotatable bonds is 2. The molecule has 2 heterocycles. The van der Waals surface area contributed by atoms with Gasteiger partial charge < -0.3 is 4.90 Å². The molecule has 1 aromatic rings. The van der Waals surface area contributed by atoms with Gasteiger partial charge in [-0.3, -0.25) is 0 Å². The summed E-state index contributed by atoms with van der Waals surface area (Å²) < 4.78 is 0.894. The van der Waals surface area contributed by atoms with Crippen molar-refractivity contribution in [3.63, 3.8) is 0 Å². The van der Waals surface area contributed by atoms with Gasteiger partial charge in [0.15, 0.2) is 0 Å². The van der Waals surface area contributed by atoms with Crippen LogP contribution in [0.3, 0.4) is 0 Å². The minimum Gasteiger partial charge on any atom is -0.356 e. The van der Waals surface area contributed by atoms with E-state index in [4.69, 9.17) is 0 Å². The third kappa shape index (κ3) is 2.97. The van der Waals surface area contributed by atoms with Crippen molar-refractivity contribution in [3.8, 4) is 0 Å². The van der Waals surface area contributed by atoms with Crippen LogP contribution in [0.1, 0.15) is 33.0 Å². The van der Waals surface area contributed by atoms with Gasteiger partial charge in [-0.2, -0.15) is 0 Å². The van der Waals surface area contributed by atoms with Crippen LogP contribution < -0.4 is 4.90 Å². The monoisotopic (exact) mass is 297 g/mol. The average Bonchev–Trinajstić information content (AvgIpc) is 2.32. The third-order valence-corrected chi connectivity index (χ3v) is 4.11. The zero-order valence-corrected chi connectivity index (χ0v) is 12.4. The van der Waals surface area contributed by atoms with Crippen molar-refractivity contribution in [2.45, 2.75) is 33.6 Å². The van der Waals surface area contributed by atoms with Gasteiger partial charge in [0.2, 0.25) is 0 Å². The smallest absolute Gasteiger partial charge is 0.133 e. The molecule has 0 saturated carbocycles. The largest absolute Gasteiger partial charge is 0.356 e. The summed E-state index contributed by atoms with van der Waals surface area (Å²) in [6.07, 6.45) is 2.14. The van der Waals surface area contributed by atoms with Crippen molar-refractivity contribution in [2.24, 2.45) is 11.8 Å². The van der Waals surface area contributed by atoms with Crippen molar-refractivity contribution in [2.75, 3.05) is 18.0 Å². The molecule has 1 aliphatic heterocycles. The van der Waals surface area contributed by atoms with Crippen molar-refractivity contribution in [3.05, 3.63) is 16.5 Å². The summed E-state index contributed by atoms with van der Waals surface area (Å²) in [7, 11) is 0. The lowest BCUT2D eigenvalue weighted by molar-refractivity contribution is 0.322. The molecule has 3 nitrogen and oxygen atoms in total. The van der Waals surface area contributed by atoms with Gasteiger partial charge in [0.25, 0.3) is 0 Å². The van der Waals surface area contributed by atoms with Crippen LogP contribution in [0.2, 0.25) is 0 Å². The first-order valence-electron chi connectivity index (χ1n) is 6.38. The van der Waals surface area contributed by atoms with Crippen molar-refractivity contribution >= 4 is 21.7 Å². The molecule has 4 heteroatoms. The van der Waals surface area contributed by atoms with Gasteiger partial charge in [0, 0.05) is 25.6 Å². The molecular weight excluding hydrogens is 278 g/mol. The maximum Gasteiger partial charge on any atom is 0.133 e. The summed E-state index contributed by atoms with van der Waals surface area (Å²) in [6.45, 7) is 8.97. The van der Waals surface area contributed by atoms with E-state index in [0.29, 0.717) is 0 Å². The molecule has 2 unspecified atom stereocenters. The summed E-state index contributed by atoms with van der Waals surface area (Å²) in [4.78, 5) is 11.4. The number of piperidine rings is 1. The number of halogens is 1. The standard InChI is InChI=1S/C13H20BrN3/c1-4-12-15-11(14)7-13(16-12)17-6-5-9(2)10(3)8-17/h7,9-10H,4-6,8H2,1-3H3. The Bertz CT molecular complexity index is 394. The molecule has 2 atom stereocenters. The Labute approximate surface area is 112 Å². The van der Waals surface area contributed by atoms with Crippen molar-refractivity contribution in [1.29, 1.82) is 0 Å². The molecule has 1 aliphatic rings. The fourth-order valence-corrected chi connectivity index (χ4v) is 2.65. The Morgan fingerprint density at radius 2 is 2.12 bits per heavy atom. The van der Waals surface area contributed by atoms with Crippen molar-refractivity contribution in [1.82, 2.24) is 9.97 Å². The van der Waals surface area contributed by atoms with Crippen LogP contribution >= 0.6 is 15.9 Å². The second-order valence-corrected chi connectivity index (χ2v) is 5.82. The SMILES string of the molecule is CCc1nc(Br)cc(N2CCC(C)C(C)C2)n1. The fraction of sp³-hybridized carbons (Fsp3) is 0.692. The lowest BCUT2D eigenvalue weighted by atomic mass is 9.89. The number of aryl methyl sites for hydroxylation is 1. The number of nitrogens with zero attached hydrogens (tertiary/aromatic N) is 3. The molecule has 1 fully saturated rings. The fourth-order valence-electron chi connectivity index (χ4n) is 2.24. The highest BCUT2D eigenvalue weighted by atomic mass is 79.9. The lowest BCUT2D eigenvalue weighted by Crippen LogP contribution is -2.39. The molecule has 0 amide bonds. The van der Waals surface area contributed by atoms with Crippen LogP contribution in [0.5, 0.6) is 0 Å². The predicted molar refractivity (Wildman–Crippen MR) is 74.3 cm³/mol. The Kier molecular flexibility index (Phi) is 4.02. The number of hydrogen-bond acceptors (Lipinski definition) is 3. The lowest BCUT2D eigenvalue weighted by Gasteiger charge is -2.36. The van der Waals surface area contributed by atoms with Gasteiger partial charge in [-0.05, 0) is 34.2 Å². The molecule has 2 rings (SSSR count). The Morgan fingerprint density at radius 1 is 1.35 bits per heavy atom. The van der Waals surface area contributed by atoms with E-state index >= 15 is 0 Å². The van der Waals surface area contributed by atoms with Gasteiger partial charge in [0.05, 0.1) is 0 Å². The average molecular weight is 298 g/mol. The second-order valence-electron chi connectivity index (χ2n) is 5.01. The molecule has 0 aromatic carbocycles. The second kappa shape index (κ2) is 5.34. The van der Waals surface area contributed by atoms with Gasteiger partial charge in [0.1, 0.15) is 16.2 Å². The van der Waals surface area contributed by atoms with Gasteiger partial charge in [-0.1, -0.05) is 20.8 Å². The maximum absolute atomic E-state index is 4.62. The predicted octanol–water partition coefficient (Wildman–Crippen LogP) is 3.28. The quantitative estimate of drug-likeness (QED) is 0.785. The van der Waals surface area contributed by atoms with E-state index in [-0.39, 0.29) is 0 Å². The third-order valence-electron chi connectivity index (χ3n) is 3.70. The highest BCUT2D eigenvalue weighted by Gasteiger charge is 2.23. The highest BCUT2D eigenvalue weighted by Crippen LogP contribution is 2.27. The summed E-state index contributed by atoms with van der Waals surface area (Å²) in [5.74, 6) is 3.55. The van der Waals surface area contributed by atoms with Crippen LogP contribution in [0.25, 0.3) is 0 Å². The summed E-state index contributed by atoms with van der Waals surface area (Å²) in [5.41, 5.74) is 0. The normalized spacial score (nSPS) is 25.1. The number of hydrogen-bond donors (Lipinski definition) is 0. The van der Waals surface area contributed by atoms with E-state index in [9.17, 15) is 0 Å². The molecule has 0 radical (unpaired) electrons. The van der Waals surface area contributed by atoms with Gasteiger partial charge >= 0.3 is 0 Å². The molecule has 1 saturated heterocycles. The van der Waals surface area contributed by atoms with E-state index in [0.717, 1.165) is 47.6 Å². The number of anilines is 1. The number of aromatic nitrogens is 2. The minimum atomic E-state index is 0.738. The molecule has 0 spiro atoms. The van der Waals surface area contributed by atoms with Crippen LogP contribution in [-0.4, -0.2) is 23.1 Å². The molecular formula is C13H20BrN3. The van der Waals surface area contributed by atoms with E-state index in [1.54, 1.807) is 0 Å². The molecule has 0 N–H and O–H groups in total. The highest BCUT2D eigenvalue weighted by molar-refractivity contribution is 9.10. The topological polar surface area (TPSA) is 29.0 Å². The molecule has 0 bridgehead atoms. The van der Waals surface area contributed by atoms with E-state index in [2.05, 4.69) is 51.6 Å². The Hall–Kier alpha value is -0.640. The molecule has 0 aliphatic carbocycles. The first kappa shape index (κ1) is 12.8. The summed E-state index contributed by atoms with van der Waals surface area (Å²) >= 11 is 3.47. The van der Waals surface area contributed by atoms with E-state index < -0.39 is 0 Å². The molecule has 17 heavy (non-hydrogen) atoms. The van der Waals surface area contributed by atoms with Gasteiger partial charge in [-0.15, -0.1) is 0 Å². The van der Waals surface area contributed by atoms with Crippen LogP contribution in [-0.2, 0) is 6.42 Å². The van der Waals surface area contributed by atoms with Crippen LogP contribution in [0.4, 0.5) is 5.82 Å². The zero-order chi connectivity index (χ0) is 12.4. The van der Waals surface area contributed by atoms with Crippen molar-refractivity contribution < 1.29 is 0 Å². The Balaban J connectivity index is 2.19. The first-order valence-corrected chi connectivity index (χ1v) is 7.18. The van der Waals surface area contributed by atoms with Crippen LogP contribution in [0, 0.1) is 11.8 Å². The van der Waals surface area contributed by atoms with Gasteiger partial charge in [-0.25, -0.2) is 9.97 Å². The van der Waals surface area contributed by atoms with Crippen LogP contribution in [0.15, 0.2) is 10.7 Å². The first-order chi connectivity index (χ1) is 8.10.